The molecule has 0 heterocycles. The second-order valence-electron chi connectivity index (χ2n) is 5.62. The maximum Gasteiger partial charge on any atom is 0.330 e. The number of hydrogen-bond donors (Lipinski definition) is 0. The van der Waals surface area contributed by atoms with Crippen molar-refractivity contribution in [2.75, 3.05) is 34.5 Å². The van der Waals surface area contributed by atoms with E-state index < -0.39 is 5.97 Å². The fraction of sp³-hybridized carbons (Fsp3) is 0.286. The average Bonchev–Trinajstić information content (AvgIpc) is 2.70. The van der Waals surface area contributed by atoms with Crippen molar-refractivity contribution in [2.45, 2.75) is 6.92 Å². The highest BCUT2D eigenvalue weighted by Crippen LogP contribution is 2.38. The summed E-state index contributed by atoms with van der Waals surface area (Å²) >= 11 is 0. The molecule has 0 aliphatic rings. The average molecular weight is 372 g/mol. The van der Waals surface area contributed by atoms with Crippen molar-refractivity contribution in [1.29, 1.82) is 0 Å². The molecule has 0 atom stereocenters. The second kappa shape index (κ2) is 10.1. The van der Waals surface area contributed by atoms with Crippen LogP contribution in [0.25, 0.3) is 6.08 Å². The van der Waals surface area contributed by atoms with Gasteiger partial charge in [-0.1, -0.05) is 17.7 Å². The first-order valence-electron chi connectivity index (χ1n) is 8.41. The van der Waals surface area contributed by atoms with Gasteiger partial charge in [-0.25, -0.2) is 4.79 Å². The Bertz CT molecular complexity index is 755. The van der Waals surface area contributed by atoms with Gasteiger partial charge >= 0.3 is 5.97 Å². The normalized spacial score (nSPS) is 10.5. The summed E-state index contributed by atoms with van der Waals surface area (Å²) in [5.74, 6) is 1.79. The molecule has 144 valence electrons. The van der Waals surface area contributed by atoms with E-state index in [1.807, 2.05) is 31.2 Å². The topological polar surface area (TPSA) is 63.2 Å². The Morgan fingerprint density at radius 3 is 2.11 bits per heavy atom. The van der Waals surface area contributed by atoms with Gasteiger partial charge in [-0.2, -0.15) is 0 Å². The van der Waals surface area contributed by atoms with E-state index in [9.17, 15) is 4.79 Å². The van der Waals surface area contributed by atoms with E-state index in [1.54, 1.807) is 18.2 Å². The molecule has 2 rings (SSSR count). The predicted octanol–water partition coefficient (Wildman–Crippen LogP) is 3.66. The first kappa shape index (κ1) is 20.2. The lowest BCUT2D eigenvalue weighted by Gasteiger charge is -2.12. The molecule has 0 amide bonds. The van der Waals surface area contributed by atoms with Gasteiger partial charge in [-0.3, -0.25) is 0 Å². The molecule has 27 heavy (non-hydrogen) atoms. The number of hydrogen-bond acceptors (Lipinski definition) is 6. The lowest BCUT2D eigenvalue weighted by molar-refractivity contribution is -0.138. The lowest BCUT2D eigenvalue weighted by Crippen LogP contribution is -2.10. The van der Waals surface area contributed by atoms with E-state index >= 15 is 0 Å². The summed E-state index contributed by atoms with van der Waals surface area (Å²) in [6.45, 7) is 2.45. The summed E-state index contributed by atoms with van der Waals surface area (Å²) in [5.41, 5.74) is 1.88. The first-order valence-corrected chi connectivity index (χ1v) is 8.41. The third-order valence-electron chi connectivity index (χ3n) is 3.72. The maximum atomic E-state index is 11.9. The molecule has 0 fully saturated rings. The van der Waals surface area contributed by atoms with Crippen LogP contribution in [0.15, 0.2) is 42.5 Å². The fourth-order valence-electron chi connectivity index (χ4n) is 2.35. The Hall–Kier alpha value is -3.15. The zero-order chi connectivity index (χ0) is 19.6. The quantitative estimate of drug-likeness (QED) is 0.380. The van der Waals surface area contributed by atoms with Crippen LogP contribution in [-0.4, -0.2) is 40.5 Å². The molecule has 0 unspecified atom stereocenters. The molecule has 6 heteroatoms. The molecular formula is C21H24O6. The Kier molecular flexibility index (Phi) is 7.55. The largest absolute Gasteiger partial charge is 0.493 e. The van der Waals surface area contributed by atoms with Crippen LogP contribution < -0.4 is 18.9 Å². The van der Waals surface area contributed by atoms with Crippen molar-refractivity contribution in [1.82, 2.24) is 0 Å². The Morgan fingerprint density at radius 2 is 1.56 bits per heavy atom. The maximum absolute atomic E-state index is 11.9. The summed E-state index contributed by atoms with van der Waals surface area (Å²) in [6, 6.07) is 11.2. The zero-order valence-electron chi connectivity index (χ0n) is 16.0. The van der Waals surface area contributed by atoms with E-state index in [0.717, 1.165) is 16.9 Å². The Morgan fingerprint density at radius 1 is 0.926 bits per heavy atom. The van der Waals surface area contributed by atoms with Crippen LogP contribution >= 0.6 is 0 Å². The van der Waals surface area contributed by atoms with Crippen LogP contribution in [0.2, 0.25) is 0 Å². The number of benzene rings is 2. The summed E-state index contributed by atoms with van der Waals surface area (Å²) in [6.07, 6.45) is 2.96. The Labute approximate surface area is 159 Å². The molecule has 6 nitrogen and oxygen atoms in total. The summed E-state index contributed by atoms with van der Waals surface area (Å²) in [5, 5.41) is 0. The molecule has 0 saturated heterocycles. The van der Waals surface area contributed by atoms with Gasteiger partial charge in [0.05, 0.1) is 21.3 Å². The van der Waals surface area contributed by atoms with Crippen molar-refractivity contribution in [3.8, 4) is 23.0 Å². The van der Waals surface area contributed by atoms with Gasteiger partial charge in [0.15, 0.2) is 11.5 Å². The standard InChI is InChI=1S/C21H24O6/c1-15-5-8-17(9-6-15)26-11-12-27-20(22)10-7-16-13-18(23-2)21(25-4)19(14-16)24-3/h5-10,13-14H,11-12H2,1-4H3/b10-7+. The van der Waals surface area contributed by atoms with Crippen LogP contribution in [0.1, 0.15) is 11.1 Å². The molecule has 0 saturated carbocycles. The third-order valence-corrected chi connectivity index (χ3v) is 3.72. The predicted molar refractivity (Wildman–Crippen MR) is 103 cm³/mol. The van der Waals surface area contributed by atoms with Crippen LogP contribution in [0.4, 0.5) is 0 Å². The Balaban J connectivity index is 1.87. The minimum atomic E-state index is -0.462. The number of carbonyl (C=O) groups is 1. The van der Waals surface area contributed by atoms with Crippen LogP contribution in [-0.2, 0) is 9.53 Å². The molecule has 0 spiro atoms. The van der Waals surface area contributed by atoms with Crippen molar-refractivity contribution in [3.63, 3.8) is 0 Å². The van der Waals surface area contributed by atoms with E-state index in [2.05, 4.69) is 0 Å². The monoisotopic (exact) mass is 372 g/mol. The molecule has 0 N–H and O–H groups in total. The van der Waals surface area contributed by atoms with Gasteiger partial charge in [0.1, 0.15) is 19.0 Å². The van der Waals surface area contributed by atoms with Crippen molar-refractivity contribution in [2.24, 2.45) is 0 Å². The lowest BCUT2D eigenvalue weighted by atomic mass is 10.1. The van der Waals surface area contributed by atoms with Crippen molar-refractivity contribution >= 4 is 12.0 Å². The highest BCUT2D eigenvalue weighted by Gasteiger charge is 2.12. The SMILES string of the molecule is COc1cc(/C=C/C(=O)OCCOc2ccc(C)cc2)cc(OC)c1OC. The zero-order valence-corrected chi connectivity index (χ0v) is 16.0. The summed E-state index contributed by atoms with van der Waals surface area (Å²) in [4.78, 5) is 11.9. The van der Waals surface area contributed by atoms with E-state index in [0.29, 0.717) is 17.2 Å². The van der Waals surface area contributed by atoms with Gasteiger partial charge < -0.3 is 23.7 Å². The molecule has 0 radical (unpaired) electrons. The summed E-state index contributed by atoms with van der Waals surface area (Å²) < 4.78 is 26.5. The fourth-order valence-corrected chi connectivity index (χ4v) is 2.35. The number of rotatable bonds is 9. The van der Waals surface area contributed by atoms with E-state index in [-0.39, 0.29) is 13.2 Å². The van der Waals surface area contributed by atoms with Gasteiger partial charge in [-0.05, 0) is 42.8 Å². The minimum absolute atomic E-state index is 0.159. The van der Waals surface area contributed by atoms with E-state index in [4.69, 9.17) is 23.7 Å². The number of methoxy groups -OCH3 is 3. The third kappa shape index (κ3) is 5.95. The highest BCUT2D eigenvalue weighted by molar-refractivity contribution is 5.87. The number of carbonyl (C=O) groups excluding carboxylic acids is 1. The first-order chi connectivity index (χ1) is 13.1. The van der Waals surface area contributed by atoms with Crippen molar-refractivity contribution < 1.29 is 28.5 Å². The van der Waals surface area contributed by atoms with Gasteiger partial charge in [0.2, 0.25) is 5.75 Å². The molecule has 0 aliphatic heterocycles. The highest BCUT2D eigenvalue weighted by atomic mass is 16.6. The van der Waals surface area contributed by atoms with Crippen LogP contribution in [0, 0.1) is 6.92 Å². The molecule has 2 aromatic rings. The van der Waals surface area contributed by atoms with E-state index in [1.165, 1.54) is 27.4 Å². The van der Waals surface area contributed by atoms with Crippen LogP contribution in [0.5, 0.6) is 23.0 Å². The summed E-state index contributed by atoms with van der Waals surface area (Å²) in [7, 11) is 4.60. The van der Waals surface area contributed by atoms with Gasteiger partial charge in [0, 0.05) is 6.08 Å². The smallest absolute Gasteiger partial charge is 0.330 e. The molecule has 0 aromatic heterocycles. The minimum Gasteiger partial charge on any atom is -0.493 e. The molecule has 0 bridgehead atoms. The molecule has 0 aliphatic carbocycles. The molecular weight excluding hydrogens is 348 g/mol. The van der Waals surface area contributed by atoms with Gasteiger partial charge in [-0.15, -0.1) is 0 Å². The number of esters is 1. The van der Waals surface area contributed by atoms with Gasteiger partial charge in [0.25, 0.3) is 0 Å². The van der Waals surface area contributed by atoms with Crippen molar-refractivity contribution in [3.05, 3.63) is 53.6 Å². The second-order valence-corrected chi connectivity index (χ2v) is 5.62. The van der Waals surface area contributed by atoms with Crippen LogP contribution in [0.3, 0.4) is 0 Å². The number of ether oxygens (including phenoxy) is 5. The molecule has 2 aromatic carbocycles. The number of aryl methyl sites for hydroxylation is 1.